The van der Waals surface area contributed by atoms with E-state index in [4.69, 9.17) is 9.47 Å². The van der Waals surface area contributed by atoms with Crippen LogP contribution in [0.2, 0.25) is 0 Å². The molecule has 6 nitrogen and oxygen atoms in total. The Morgan fingerprint density at radius 3 is 2.29 bits per heavy atom. The van der Waals surface area contributed by atoms with E-state index in [2.05, 4.69) is 52.9 Å². The summed E-state index contributed by atoms with van der Waals surface area (Å²) in [6.07, 6.45) is 1.58. The molecule has 1 aromatic heterocycles. The van der Waals surface area contributed by atoms with Crippen LogP contribution in [0.15, 0.2) is 60.8 Å². The van der Waals surface area contributed by atoms with Crippen LogP contribution in [0.4, 0.5) is 5.82 Å². The normalized spacial score (nSPS) is 14.3. The Morgan fingerprint density at radius 1 is 0.943 bits per heavy atom. The van der Waals surface area contributed by atoms with E-state index in [0.717, 1.165) is 49.6 Å². The van der Waals surface area contributed by atoms with Crippen molar-refractivity contribution in [2.45, 2.75) is 47.0 Å². The van der Waals surface area contributed by atoms with Crippen LogP contribution in [-0.4, -0.2) is 48.1 Å². The lowest BCUT2D eigenvalue weighted by Crippen LogP contribution is -2.46. The summed E-state index contributed by atoms with van der Waals surface area (Å²) in [6, 6.07) is 18.3. The van der Waals surface area contributed by atoms with Crippen LogP contribution in [0.3, 0.4) is 0 Å². The van der Waals surface area contributed by atoms with E-state index in [1.54, 1.807) is 18.3 Å². The third-order valence-electron chi connectivity index (χ3n) is 6.17. The number of carbonyl (C=O) groups is 1. The molecule has 0 amide bonds. The van der Waals surface area contributed by atoms with Crippen LogP contribution in [0, 0.1) is 13.8 Å². The third-order valence-corrected chi connectivity index (χ3v) is 6.17. The number of hydrogen-bond acceptors (Lipinski definition) is 6. The molecular formula is C29H35N3O3. The van der Waals surface area contributed by atoms with Crippen molar-refractivity contribution in [3.63, 3.8) is 0 Å². The molecule has 35 heavy (non-hydrogen) atoms. The molecule has 1 aliphatic heterocycles. The number of hydrogen-bond donors (Lipinski definition) is 0. The fraction of sp³-hybridized carbons (Fsp3) is 0.379. The van der Waals surface area contributed by atoms with E-state index in [-0.39, 0.29) is 12.1 Å². The van der Waals surface area contributed by atoms with Gasteiger partial charge in [-0.25, -0.2) is 9.78 Å². The fourth-order valence-electron chi connectivity index (χ4n) is 4.55. The SMILES string of the molecule is Cc1cc(CN2CCN(c3ncccc3C(=O)OC(C)C)CC2)cc(C)c1OCc1ccccc1. The third kappa shape index (κ3) is 6.40. The van der Waals surface area contributed by atoms with Gasteiger partial charge in [0.25, 0.3) is 0 Å². The lowest BCUT2D eigenvalue weighted by atomic mass is 10.0. The zero-order chi connectivity index (χ0) is 24.8. The van der Waals surface area contributed by atoms with Gasteiger partial charge in [0.1, 0.15) is 23.7 Å². The van der Waals surface area contributed by atoms with Gasteiger partial charge in [0, 0.05) is 38.9 Å². The second-order valence-electron chi connectivity index (χ2n) is 9.42. The van der Waals surface area contributed by atoms with Crippen LogP contribution in [-0.2, 0) is 17.9 Å². The van der Waals surface area contributed by atoms with Crippen LogP contribution < -0.4 is 9.64 Å². The number of anilines is 1. The number of benzene rings is 2. The summed E-state index contributed by atoms with van der Waals surface area (Å²) in [5.74, 6) is 1.37. The Kier molecular flexibility index (Phi) is 8.03. The Bertz CT molecular complexity index is 1120. The van der Waals surface area contributed by atoms with Gasteiger partial charge in [-0.1, -0.05) is 42.5 Å². The second-order valence-corrected chi connectivity index (χ2v) is 9.42. The van der Waals surface area contributed by atoms with Gasteiger partial charge in [-0.3, -0.25) is 4.90 Å². The maximum Gasteiger partial charge on any atom is 0.342 e. The number of piperazine rings is 1. The molecule has 0 saturated carbocycles. The number of nitrogens with zero attached hydrogens (tertiary/aromatic N) is 3. The molecule has 0 radical (unpaired) electrons. The maximum absolute atomic E-state index is 12.5. The molecule has 6 heteroatoms. The van der Waals surface area contributed by atoms with Crippen LogP contribution in [0.1, 0.15) is 46.5 Å². The van der Waals surface area contributed by atoms with Gasteiger partial charge in [0.05, 0.1) is 6.10 Å². The first kappa shape index (κ1) is 24.7. The molecule has 0 N–H and O–H groups in total. The minimum absolute atomic E-state index is 0.158. The summed E-state index contributed by atoms with van der Waals surface area (Å²) >= 11 is 0. The summed E-state index contributed by atoms with van der Waals surface area (Å²) in [6.45, 7) is 12.9. The number of aryl methyl sites for hydroxylation is 2. The molecule has 0 atom stereocenters. The van der Waals surface area contributed by atoms with Crippen molar-refractivity contribution >= 4 is 11.8 Å². The van der Waals surface area contributed by atoms with Crippen molar-refractivity contribution in [1.29, 1.82) is 0 Å². The molecule has 3 aromatic rings. The quantitative estimate of drug-likeness (QED) is 0.421. The average molecular weight is 474 g/mol. The van der Waals surface area contributed by atoms with Crippen molar-refractivity contribution in [3.05, 3.63) is 88.6 Å². The number of ether oxygens (including phenoxy) is 2. The number of aromatic nitrogens is 1. The van der Waals surface area contributed by atoms with Gasteiger partial charge in [-0.2, -0.15) is 0 Å². The summed E-state index contributed by atoms with van der Waals surface area (Å²) in [7, 11) is 0. The van der Waals surface area contributed by atoms with Crippen LogP contribution in [0.25, 0.3) is 0 Å². The van der Waals surface area contributed by atoms with Crippen molar-refractivity contribution in [1.82, 2.24) is 9.88 Å². The van der Waals surface area contributed by atoms with Crippen molar-refractivity contribution < 1.29 is 14.3 Å². The highest BCUT2D eigenvalue weighted by atomic mass is 16.5. The number of carbonyl (C=O) groups excluding carboxylic acids is 1. The highest BCUT2D eigenvalue weighted by Crippen LogP contribution is 2.27. The standard InChI is InChI=1S/C29H35N3O3/c1-21(2)35-29(33)26-11-8-12-30-28(26)32-15-13-31(14-16-32)19-25-17-22(3)27(23(4)18-25)34-20-24-9-6-5-7-10-24/h5-12,17-18,21H,13-16,19-20H2,1-4H3. The molecular weight excluding hydrogens is 438 g/mol. The first-order valence-electron chi connectivity index (χ1n) is 12.3. The van der Waals surface area contributed by atoms with E-state index in [1.807, 2.05) is 32.0 Å². The minimum atomic E-state index is -0.314. The Balaban J connectivity index is 1.36. The molecule has 184 valence electrons. The Morgan fingerprint density at radius 2 is 1.63 bits per heavy atom. The zero-order valence-electron chi connectivity index (χ0n) is 21.2. The molecule has 1 fully saturated rings. The number of esters is 1. The first-order valence-corrected chi connectivity index (χ1v) is 12.3. The minimum Gasteiger partial charge on any atom is -0.488 e. The molecule has 0 spiro atoms. The lowest BCUT2D eigenvalue weighted by molar-refractivity contribution is 0.0378. The van der Waals surface area contributed by atoms with Gasteiger partial charge in [-0.15, -0.1) is 0 Å². The predicted molar refractivity (Wildman–Crippen MR) is 139 cm³/mol. The van der Waals surface area contributed by atoms with Crippen LogP contribution in [0.5, 0.6) is 5.75 Å². The molecule has 2 heterocycles. The van der Waals surface area contributed by atoms with Crippen LogP contribution >= 0.6 is 0 Å². The molecule has 4 rings (SSSR count). The van der Waals surface area contributed by atoms with E-state index in [9.17, 15) is 4.79 Å². The smallest absolute Gasteiger partial charge is 0.342 e. The fourth-order valence-corrected chi connectivity index (χ4v) is 4.55. The summed E-state index contributed by atoms with van der Waals surface area (Å²) in [5, 5.41) is 0. The number of pyridine rings is 1. The van der Waals surface area contributed by atoms with E-state index >= 15 is 0 Å². The number of rotatable bonds is 8. The molecule has 1 aliphatic rings. The lowest BCUT2D eigenvalue weighted by Gasteiger charge is -2.36. The highest BCUT2D eigenvalue weighted by molar-refractivity contribution is 5.94. The van der Waals surface area contributed by atoms with Gasteiger partial charge >= 0.3 is 5.97 Å². The summed E-state index contributed by atoms with van der Waals surface area (Å²) < 4.78 is 11.6. The maximum atomic E-state index is 12.5. The predicted octanol–water partition coefficient (Wildman–Crippen LogP) is 5.16. The highest BCUT2D eigenvalue weighted by Gasteiger charge is 2.24. The van der Waals surface area contributed by atoms with E-state index in [1.165, 1.54) is 11.1 Å². The molecule has 0 unspecified atom stereocenters. The van der Waals surface area contributed by atoms with Crippen molar-refractivity contribution in [2.75, 3.05) is 31.1 Å². The van der Waals surface area contributed by atoms with Crippen molar-refractivity contribution in [3.8, 4) is 5.75 Å². The van der Waals surface area contributed by atoms with Gasteiger partial charge in [-0.05, 0) is 62.1 Å². The molecule has 1 saturated heterocycles. The Labute approximate surface area is 208 Å². The molecule has 0 aliphatic carbocycles. The Hall–Kier alpha value is -3.38. The zero-order valence-corrected chi connectivity index (χ0v) is 21.2. The summed E-state index contributed by atoms with van der Waals surface area (Å²) in [4.78, 5) is 21.7. The topological polar surface area (TPSA) is 54.9 Å². The second kappa shape index (κ2) is 11.4. The monoisotopic (exact) mass is 473 g/mol. The van der Waals surface area contributed by atoms with E-state index in [0.29, 0.717) is 18.0 Å². The molecule has 0 bridgehead atoms. The largest absolute Gasteiger partial charge is 0.488 e. The van der Waals surface area contributed by atoms with Gasteiger partial charge in [0.2, 0.25) is 0 Å². The van der Waals surface area contributed by atoms with Crippen molar-refractivity contribution in [2.24, 2.45) is 0 Å². The average Bonchev–Trinajstić information content (AvgIpc) is 2.84. The molecule has 2 aromatic carbocycles. The van der Waals surface area contributed by atoms with Gasteiger partial charge < -0.3 is 14.4 Å². The summed E-state index contributed by atoms with van der Waals surface area (Å²) in [5.41, 5.74) is 5.32. The van der Waals surface area contributed by atoms with E-state index < -0.39 is 0 Å². The first-order chi connectivity index (χ1) is 16.9. The van der Waals surface area contributed by atoms with Gasteiger partial charge in [0.15, 0.2) is 0 Å².